The molecule has 1 N–H and O–H groups in total. The summed E-state index contributed by atoms with van der Waals surface area (Å²) in [6.45, 7) is 3.86. The summed E-state index contributed by atoms with van der Waals surface area (Å²) in [5, 5.41) is 3.31. The predicted molar refractivity (Wildman–Crippen MR) is 201 cm³/mol. The molecule has 13 heteroatoms. The van der Waals surface area contributed by atoms with Crippen LogP contribution in [0.3, 0.4) is 0 Å². The van der Waals surface area contributed by atoms with Gasteiger partial charge in [0.15, 0.2) is 28.8 Å². The Morgan fingerprint density at radius 1 is 0.654 bits per heavy atom. The fraction of sp³-hybridized carbons (Fsp3) is 0.308. The normalized spacial score (nSPS) is 11.8. The van der Waals surface area contributed by atoms with Crippen molar-refractivity contribution in [3.05, 3.63) is 95.1 Å². The molecule has 0 aliphatic carbocycles. The summed E-state index contributed by atoms with van der Waals surface area (Å²) >= 11 is 0. The Morgan fingerprint density at radius 3 is 1.73 bits per heavy atom. The van der Waals surface area contributed by atoms with Gasteiger partial charge in [-0.25, -0.2) is 0 Å². The summed E-state index contributed by atoms with van der Waals surface area (Å²) in [7, 11) is 5.53. The van der Waals surface area contributed by atoms with Crippen molar-refractivity contribution in [3.8, 4) is 40.2 Å². The second kappa shape index (κ2) is 18.9. The Balaban J connectivity index is 1.52. The lowest BCUT2D eigenvalue weighted by Gasteiger charge is -2.28. The Hall–Kier alpha value is -5.16. The van der Waals surface area contributed by atoms with Crippen LogP contribution < -0.4 is 38.5 Å². The molecule has 0 aliphatic heterocycles. The van der Waals surface area contributed by atoms with Crippen LogP contribution in [0.5, 0.6) is 40.2 Å². The number of hydrogen-bond donors (Lipinski definition) is 1. The molecule has 0 saturated carbocycles. The molecule has 52 heavy (non-hydrogen) atoms. The van der Waals surface area contributed by atoms with Gasteiger partial charge >= 0.3 is 13.6 Å². The highest BCUT2D eigenvalue weighted by Gasteiger charge is 2.38. The molecule has 0 radical (unpaired) electrons. The van der Waals surface area contributed by atoms with Gasteiger partial charge in [0.25, 0.3) is 0 Å². The quantitative estimate of drug-likeness (QED) is 0.0430. The maximum Gasteiger partial charge on any atom is 0.357 e. The number of anilines is 1. The van der Waals surface area contributed by atoms with Crippen LogP contribution in [0.25, 0.3) is 12.2 Å². The minimum atomic E-state index is -3.73. The average molecular weight is 736 g/mol. The number of rotatable bonds is 19. The van der Waals surface area contributed by atoms with Crippen molar-refractivity contribution in [1.29, 1.82) is 0 Å². The lowest BCUT2D eigenvalue weighted by Crippen LogP contribution is -2.16. The zero-order valence-corrected chi connectivity index (χ0v) is 31.6. The van der Waals surface area contributed by atoms with Gasteiger partial charge in [0.1, 0.15) is 11.5 Å². The third kappa shape index (κ3) is 10.00. The summed E-state index contributed by atoms with van der Waals surface area (Å²) in [6, 6.07) is 21.3. The van der Waals surface area contributed by atoms with Crippen molar-refractivity contribution in [2.45, 2.75) is 26.1 Å². The first-order chi connectivity index (χ1) is 25.1. The molecule has 0 aromatic heterocycles. The third-order valence-corrected chi connectivity index (χ3v) is 10.1. The first-order valence-electron chi connectivity index (χ1n) is 16.5. The molecule has 4 aromatic rings. The Kier molecular flexibility index (Phi) is 14.4. The number of ether oxygens (including phenoxy) is 7. The smallest absolute Gasteiger partial charge is 0.357 e. The van der Waals surface area contributed by atoms with E-state index in [4.69, 9.17) is 42.2 Å². The van der Waals surface area contributed by atoms with E-state index in [-0.39, 0.29) is 25.4 Å². The minimum Gasteiger partial charge on any atom is -0.497 e. The van der Waals surface area contributed by atoms with Crippen molar-refractivity contribution >= 4 is 31.4 Å². The third-order valence-electron chi connectivity index (χ3n) is 7.80. The van der Waals surface area contributed by atoms with Gasteiger partial charge in [0.2, 0.25) is 5.75 Å². The molecular formula is C39H46NO11P. The summed E-state index contributed by atoms with van der Waals surface area (Å²) < 4.78 is 64.0. The van der Waals surface area contributed by atoms with Gasteiger partial charge in [-0.15, -0.1) is 0 Å². The van der Waals surface area contributed by atoms with E-state index in [9.17, 15) is 9.36 Å². The molecule has 278 valence electrons. The fourth-order valence-corrected chi connectivity index (χ4v) is 7.26. The van der Waals surface area contributed by atoms with Crippen LogP contribution in [-0.4, -0.2) is 61.8 Å². The van der Waals surface area contributed by atoms with E-state index in [0.717, 1.165) is 11.1 Å². The van der Waals surface area contributed by atoms with Crippen molar-refractivity contribution in [2.75, 3.05) is 61.2 Å². The van der Waals surface area contributed by atoms with Crippen LogP contribution >= 0.6 is 7.60 Å². The molecule has 1 unspecified atom stereocenters. The minimum absolute atomic E-state index is 0.0121. The molecule has 0 saturated heterocycles. The van der Waals surface area contributed by atoms with Crippen molar-refractivity contribution < 1.29 is 51.6 Å². The van der Waals surface area contributed by atoms with Crippen LogP contribution in [0.2, 0.25) is 0 Å². The average Bonchev–Trinajstić information content (AvgIpc) is 3.16. The predicted octanol–water partition coefficient (Wildman–Crippen LogP) is 8.43. The van der Waals surface area contributed by atoms with Gasteiger partial charge < -0.3 is 47.5 Å². The monoisotopic (exact) mass is 735 g/mol. The highest BCUT2D eigenvalue weighted by atomic mass is 31.2. The van der Waals surface area contributed by atoms with E-state index in [1.165, 1.54) is 7.11 Å². The molecule has 0 heterocycles. The molecule has 4 rings (SSSR count). The van der Waals surface area contributed by atoms with Crippen LogP contribution in [0.15, 0.2) is 72.8 Å². The number of benzene rings is 4. The van der Waals surface area contributed by atoms with E-state index < -0.39 is 19.3 Å². The van der Waals surface area contributed by atoms with E-state index in [2.05, 4.69) is 5.32 Å². The first-order valence-corrected chi connectivity index (χ1v) is 18.1. The van der Waals surface area contributed by atoms with Crippen LogP contribution in [-0.2, 0) is 24.8 Å². The van der Waals surface area contributed by atoms with Crippen molar-refractivity contribution in [2.24, 2.45) is 0 Å². The van der Waals surface area contributed by atoms with Gasteiger partial charge in [-0.2, -0.15) is 0 Å². The zero-order chi connectivity index (χ0) is 37.7. The second-order valence-corrected chi connectivity index (χ2v) is 13.2. The lowest BCUT2D eigenvalue weighted by atomic mass is 10.1. The fourth-order valence-electron chi connectivity index (χ4n) is 5.35. The molecule has 0 aliphatic rings. The summed E-state index contributed by atoms with van der Waals surface area (Å²) in [4.78, 5) is 13.1. The highest BCUT2D eigenvalue weighted by molar-refractivity contribution is 7.54. The maximum absolute atomic E-state index is 14.1. The highest BCUT2D eigenvalue weighted by Crippen LogP contribution is 2.61. The Labute approximate surface area is 305 Å². The number of esters is 1. The van der Waals surface area contributed by atoms with Gasteiger partial charge in [-0.3, -0.25) is 9.36 Å². The topological polar surface area (TPSA) is 129 Å². The Morgan fingerprint density at radius 2 is 1.21 bits per heavy atom. The standard InChI is InChI=1S/C39H46NO11P/c1-9-49-52(42,50-10-2)39(29-23-31(43-3)25-32(24-29)44-4)40-30-16-13-27(14-17-30)22-37(41)51-34-19-26(15-18-33(34)45-5)11-12-28-20-35(46-6)38(48-8)36(21-28)47-7/h11-21,23-25,39-40H,9-10,22H2,1-8H3/b12-11-. The largest absolute Gasteiger partial charge is 0.497 e. The molecule has 0 bridgehead atoms. The van der Waals surface area contributed by atoms with Crippen molar-refractivity contribution in [3.63, 3.8) is 0 Å². The summed E-state index contributed by atoms with van der Waals surface area (Å²) in [5.41, 5.74) is 3.49. The number of carbonyl (C=O) groups is 1. The molecule has 0 spiro atoms. The number of nitrogens with one attached hydrogen (secondary N) is 1. The molecule has 12 nitrogen and oxygen atoms in total. The lowest BCUT2D eigenvalue weighted by molar-refractivity contribution is -0.133. The van der Waals surface area contributed by atoms with E-state index in [1.54, 1.807) is 104 Å². The Bertz CT molecular complexity index is 1820. The molecule has 0 fully saturated rings. The second-order valence-electron chi connectivity index (χ2n) is 11.1. The van der Waals surface area contributed by atoms with E-state index in [1.807, 2.05) is 30.4 Å². The van der Waals surface area contributed by atoms with Crippen LogP contribution in [0.1, 0.15) is 41.9 Å². The first kappa shape index (κ1) is 39.6. The van der Waals surface area contributed by atoms with E-state index in [0.29, 0.717) is 51.3 Å². The number of methoxy groups -OCH3 is 6. The van der Waals surface area contributed by atoms with Gasteiger partial charge in [0.05, 0.1) is 62.3 Å². The van der Waals surface area contributed by atoms with Crippen molar-refractivity contribution in [1.82, 2.24) is 0 Å². The molecule has 4 aromatic carbocycles. The molecule has 1 atom stereocenters. The summed E-state index contributed by atoms with van der Waals surface area (Å²) in [6.07, 6.45) is 3.74. The molecular weight excluding hydrogens is 689 g/mol. The van der Waals surface area contributed by atoms with Gasteiger partial charge in [0, 0.05) is 11.8 Å². The van der Waals surface area contributed by atoms with E-state index >= 15 is 0 Å². The molecule has 0 amide bonds. The number of hydrogen-bond acceptors (Lipinski definition) is 12. The summed E-state index contributed by atoms with van der Waals surface area (Å²) in [5.74, 6) is 1.91. The maximum atomic E-state index is 14.1. The van der Waals surface area contributed by atoms with Gasteiger partial charge in [-0.1, -0.05) is 30.4 Å². The zero-order valence-electron chi connectivity index (χ0n) is 30.7. The van der Waals surface area contributed by atoms with Gasteiger partial charge in [-0.05, 0) is 84.6 Å². The van der Waals surface area contributed by atoms with Crippen LogP contribution in [0, 0.1) is 0 Å². The van der Waals surface area contributed by atoms with Crippen LogP contribution in [0.4, 0.5) is 5.69 Å². The SMILES string of the molecule is CCOP(=O)(OCC)C(Nc1ccc(CC(=O)Oc2cc(/C=C\c3cc(OC)c(OC)c(OC)c3)ccc2OC)cc1)c1cc(OC)cc(OC)c1. The number of carbonyl (C=O) groups excluding carboxylic acids is 1.